The van der Waals surface area contributed by atoms with Crippen molar-refractivity contribution in [1.29, 1.82) is 0 Å². The van der Waals surface area contributed by atoms with Gasteiger partial charge in [-0.1, -0.05) is 0 Å². The third kappa shape index (κ3) is 3.62. The van der Waals surface area contributed by atoms with Crippen molar-refractivity contribution in [2.45, 2.75) is 25.8 Å². The summed E-state index contributed by atoms with van der Waals surface area (Å²) < 4.78 is 14.4. The van der Waals surface area contributed by atoms with Crippen LogP contribution in [0.3, 0.4) is 0 Å². The van der Waals surface area contributed by atoms with Gasteiger partial charge in [0.2, 0.25) is 0 Å². The van der Waals surface area contributed by atoms with E-state index in [4.69, 9.17) is 0 Å². The summed E-state index contributed by atoms with van der Waals surface area (Å²) >= 11 is 1.41. The molecule has 0 aliphatic carbocycles. The van der Waals surface area contributed by atoms with Crippen molar-refractivity contribution in [2.75, 3.05) is 13.1 Å². The molecule has 2 amide bonds. The van der Waals surface area contributed by atoms with E-state index < -0.39 is 0 Å². The number of hydrogen-bond acceptors (Lipinski definition) is 4. The maximum atomic E-state index is 13.5. The van der Waals surface area contributed by atoms with E-state index >= 15 is 0 Å². The van der Waals surface area contributed by atoms with Gasteiger partial charge in [-0.3, -0.25) is 14.6 Å². The van der Waals surface area contributed by atoms with Gasteiger partial charge in [0, 0.05) is 36.2 Å². The lowest BCUT2D eigenvalue weighted by Crippen LogP contribution is -2.46. The van der Waals surface area contributed by atoms with Gasteiger partial charge in [-0.15, -0.1) is 11.3 Å². The predicted octanol–water partition coefficient (Wildman–Crippen LogP) is 3.78. The molecule has 1 aliphatic heterocycles. The molecule has 1 aliphatic rings. The van der Waals surface area contributed by atoms with Crippen LogP contribution in [-0.4, -0.2) is 40.8 Å². The molecule has 0 radical (unpaired) electrons. The standard InChI is InChI=1S/C21H20FN3O2S/c1-13-17-11-15(22)4-5-18(17)28-19(13)21(27)25-9-6-16(7-10-25)24-20(26)14-3-2-8-23-12-14/h2-5,8,11-12,16H,6-7,9-10H2,1H3,(H,24,26). The number of fused-ring (bicyclic) bond motifs is 1. The zero-order valence-corrected chi connectivity index (χ0v) is 16.3. The molecule has 5 nitrogen and oxygen atoms in total. The van der Waals surface area contributed by atoms with E-state index in [0.29, 0.717) is 36.4 Å². The normalized spacial score (nSPS) is 15.0. The van der Waals surface area contributed by atoms with Crippen molar-refractivity contribution in [3.05, 3.63) is 64.5 Å². The van der Waals surface area contributed by atoms with Crippen molar-refractivity contribution >= 4 is 33.2 Å². The lowest BCUT2D eigenvalue weighted by molar-refractivity contribution is 0.0702. The van der Waals surface area contributed by atoms with Crippen LogP contribution in [0.5, 0.6) is 0 Å². The number of benzene rings is 1. The van der Waals surface area contributed by atoms with Crippen molar-refractivity contribution in [3.63, 3.8) is 0 Å². The number of nitrogens with one attached hydrogen (secondary N) is 1. The Hall–Kier alpha value is -2.80. The van der Waals surface area contributed by atoms with E-state index in [1.165, 1.54) is 23.5 Å². The molecule has 0 unspecified atom stereocenters. The topological polar surface area (TPSA) is 62.3 Å². The summed E-state index contributed by atoms with van der Waals surface area (Å²) in [5.74, 6) is -0.450. The first-order valence-electron chi connectivity index (χ1n) is 9.22. The smallest absolute Gasteiger partial charge is 0.264 e. The molecule has 2 aromatic heterocycles. The van der Waals surface area contributed by atoms with Gasteiger partial charge in [0.15, 0.2) is 0 Å². The Balaban J connectivity index is 1.40. The van der Waals surface area contributed by atoms with E-state index in [-0.39, 0.29) is 23.7 Å². The van der Waals surface area contributed by atoms with E-state index in [9.17, 15) is 14.0 Å². The van der Waals surface area contributed by atoms with Crippen LogP contribution in [0.4, 0.5) is 4.39 Å². The van der Waals surface area contributed by atoms with Gasteiger partial charge < -0.3 is 10.2 Å². The highest BCUT2D eigenvalue weighted by Crippen LogP contribution is 2.32. The molecule has 3 aromatic rings. The highest BCUT2D eigenvalue weighted by molar-refractivity contribution is 7.21. The molecular formula is C21H20FN3O2S. The number of rotatable bonds is 3. The Kier molecular flexibility index (Phi) is 5.09. The summed E-state index contributed by atoms with van der Waals surface area (Å²) in [7, 11) is 0. The van der Waals surface area contributed by atoms with E-state index in [2.05, 4.69) is 10.3 Å². The second-order valence-electron chi connectivity index (χ2n) is 6.98. The van der Waals surface area contributed by atoms with Crippen LogP contribution in [0.25, 0.3) is 10.1 Å². The number of nitrogens with zero attached hydrogens (tertiary/aromatic N) is 2. The molecular weight excluding hydrogens is 377 g/mol. The molecule has 0 spiro atoms. The van der Waals surface area contributed by atoms with Crippen LogP contribution >= 0.6 is 11.3 Å². The Labute approximate surface area is 166 Å². The first-order chi connectivity index (χ1) is 13.5. The summed E-state index contributed by atoms with van der Waals surface area (Å²) in [6.07, 6.45) is 4.58. The van der Waals surface area contributed by atoms with Crippen LogP contribution in [0.15, 0.2) is 42.7 Å². The van der Waals surface area contributed by atoms with Gasteiger partial charge in [-0.2, -0.15) is 0 Å². The van der Waals surface area contributed by atoms with Gasteiger partial charge >= 0.3 is 0 Å². The fraction of sp³-hybridized carbons (Fsp3) is 0.286. The van der Waals surface area contributed by atoms with E-state index in [1.54, 1.807) is 30.6 Å². The summed E-state index contributed by atoms with van der Waals surface area (Å²) in [5.41, 5.74) is 1.37. The molecule has 0 saturated carbocycles. The largest absolute Gasteiger partial charge is 0.349 e. The van der Waals surface area contributed by atoms with Crippen LogP contribution < -0.4 is 5.32 Å². The molecule has 0 atom stereocenters. The lowest BCUT2D eigenvalue weighted by atomic mass is 10.0. The molecule has 4 rings (SSSR count). The third-order valence-corrected chi connectivity index (χ3v) is 6.39. The number of likely N-dealkylation sites (tertiary alicyclic amines) is 1. The van der Waals surface area contributed by atoms with Crippen molar-refractivity contribution in [2.24, 2.45) is 0 Å². The second-order valence-corrected chi connectivity index (χ2v) is 8.03. The number of pyridine rings is 1. The predicted molar refractivity (Wildman–Crippen MR) is 107 cm³/mol. The van der Waals surface area contributed by atoms with Gasteiger partial charge in [0.1, 0.15) is 5.82 Å². The first kappa shape index (κ1) is 18.6. The minimum absolute atomic E-state index is 0.0175. The molecule has 1 saturated heterocycles. The highest BCUT2D eigenvalue weighted by Gasteiger charge is 2.27. The summed E-state index contributed by atoms with van der Waals surface area (Å²) in [6.45, 7) is 3.03. The van der Waals surface area contributed by atoms with Crippen molar-refractivity contribution < 1.29 is 14.0 Å². The quantitative estimate of drug-likeness (QED) is 0.732. The number of aryl methyl sites for hydroxylation is 1. The number of aromatic nitrogens is 1. The Morgan fingerprint density at radius 3 is 2.75 bits per heavy atom. The van der Waals surface area contributed by atoms with Gasteiger partial charge in [-0.05, 0) is 61.0 Å². The zero-order valence-electron chi connectivity index (χ0n) is 15.4. The molecule has 144 valence electrons. The lowest BCUT2D eigenvalue weighted by Gasteiger charge is -2.32. The summed E-state index contributed by atoms with van der Waals surface area (Å²) in [5, 5.41) is 3.82. The highest BCUT2D eigenvalue weighted by atomic mass is 32.1. The monoisotopic (exact) mass is 397 g/mol. The Morgan fingerprint density at radius 1 is 1.25 bits per heavy atom. The average Bonchev–Trinajstić information content (AvgIpc) is 3.04. The number of halogens is 1. The molecule has 28 heavy (non-hydrogen) atoms. The molecule has 0 bridgehead atoms. The maximum Gasteiger partial charge on any atom is 0.264 e. The molecule has 3 heterocycles. The fourth-order valence-electron chi connectivity index (χ4n) is 3.53. The average molecular weight is 397 g/mol. The zero-order chi connectivity index (χ0) is 19.7. The fourth-order valence-corrected chi connectivity index (χ4v) is 4.69. The Bertz CT molecular complexity index is 1030. The van der Waals surface area contributed by atoms with Gasteiger partial charge in [0.25, 0.3) is 11.8 Å². The number of carbonyl (C=O) groups excluding carboxylic acids is 2. The van der Waals surface area contributed by atoms with Crippen LogP contribution in [0, 0.1) is 12.7 Å². The summed E-state index contributed by atoms with van der Waals surface area (Å²) in [6, 6.07) is 8.12. The van der Waals surface area contributed by atoms with Crippen LogP contribution in [0.1, 0.15) is 38.4 Å². The number of piperidine rings is 1. The molecule has 7 heteroatoms. The number of carbonyl (C=O) groups is 2. The number of hydrogen-bond donors (Lipinski definition) is 1. The van der Waals surface area contributed by atoms with Crippen molar-refractivity contribution in [1.82, 2.24) is 15.2 Å². The van der Waals surface area contributed by atoms with E-state index in [1.807, 2.05) is 11.8 Å². The van der Waals surface area contributed by atoms with Crippen molar-refractivity contribution in [3.8, 4) is 0 Å². The molecule has 1 N–H and O–H groups in total. The SMILES string of the molecule is Cc1c(C(=O)N2CCC(NC(=O)c3cccnc3)CC2)sc2ccc(F)cc12. The molecule has 1 aromatic carbocycles. The first-order valence-corrected chi connectivity index (χ1v) is 10.0. The van der Waals surface area contributed by atoms with E-state index in [0.717, 1.165) is 15.6 Å². The van der Waals surface area contributed by atoms with Gasteiger partial charge in [-0.25, -0.2) is 4.39 Å². The van der Waals surface area contributed by atoms with Gasteiger partial charge in [0.05, 0.1) is 10.4 Å². The number of amides is 2. The minimum atomic E-state index is -0.294. The number of thiophene rings is 1. The van der Waals surface area contributed by atoms with Crippen LogP contribution in [-0.2, 0) is 0 Å². The third-order valence-electron chi connectivity index (χ3n) is 5.13. The summed E-state index contributed by atoms with van der Waals surface area (Å²) in [4.78, 5) is 31.7. The maximum absolute atomic E-state index is 13.5. The molecule has 1 fully saturated rings. The van der Waals surface area contributed by atoms with Crippen LogP contribution in [0.2, 0.25) is 0 Å². The second kappa shape index (κ2) is 7.67. The Morgan fingerprint density at radius 2 is 2.04 bits per heavy atom. The minimum Gasteiger partial charge on any atom is -0.349 e.